The van der Waals surface area contributed by atoms with Crippen LogP contribution in [-0.4, -0.2) is 18.5 Å². The molecular formula is C15H15NO. The lowest BCUT2D eigenvalue weighted by Gasteiger charge is -2.53. The zero-order chi connectivity index (χ0) is 12.4. The normalized spacial score (nSPS) is 31.4. The van der Waals surface area contributed by atoms with Gasteiger partial charge in [0, 0.05) is 12.6 Å². The Balaban J connectivity index is 2.16. The van der Waals surface area contributed by atoms with E-state index in [2.05, 4.69) is 16.8 Å². The van der Waals surface area contributed by atoms with Gasteiger partial charge in [-0.2, -0.15) is 0 Å². The van der Waals surface area contributed by atoms with Crippen molar-refractivity contribution in [2.45, 2.75) is 19.3 Å². The van der Waals surface area contributed by atoms with Crippen molar-refractivity contribution in [3.05, 3.63) is 11.6 Å². The molecule has 0 spiro atoms. The first-order valence-electron chi connectivity index (χ1n) is 5.87. The van der Waals surface area contributed by atoms with Gasteiger partial charge in [-0.25, -0.2) is 0 Å². The van der Waals surface area contributed by atoms with E-state index in [4.69, 9.17) is 12.8 Å². The van der Waals surface area contributed by atoms with Gasteiger partial charge in [0.25, 0.3) is 5.78 Å². The molecule has 2 heteroatoms. The van der Waals surface area contributed by atoms with E-state index >= 15 is 0 Å². The lowest BCUT2D eigenvalue weighted by molar-refractivity contribution is -0.108. The molecule has 0 bridgehead atoms. The molecule has 0 aromatic heterocycles. The number of nitrogens with zero attached hydrogens (tertiary/aromatic N) is 1. The van der Waals surface area contributed by atoms with Crippen LogP contribution in [0.15, 0.2) is 16.6 Å². The predicted octanol–water partition coefficient (Wildman–Crippen LogP) is 1.87. The second kappa shape index (κ2) is 4.60. The average molecular weight is 225 g/mol. The molecule has 0 heterocycles. The molecule has 0 unspecified atom stereocenters. The lowest BCUT2D eigenvalue weighted by atomic mass is 9.51. The third-order valence-electron chi connectivity index (χ3n) is 4.01. The number of rotatable bonds is 3. The zero-order valence-electron chi connectivity index (χ0n) is 9.94. The quantitative estimate of drug-likeness (QED) is 0.409. The van der Waals surface area contributed by atoms with Gasteiger partial charge in [-0.15, -0.1) is 12.8 Å². The van der Waals surface area contributed by atoms with Crippen LogP contribution in [0.2, 0.25) is 0 Å². The van der Waals surface area contributed by atoms with Gasteiger partial charge >= 0.3 is 0 Å². The van der Waals surface area contributed by atoms with Gasteiger partial charge in [-0.05, 0) is 49.0 Å². The summed E-state index contributed by atoms with van der Waals surface area (Å²) in [5.41, 5.74) is 1.18. The predicted molar refractivity (Wildman–Crippen MR) is 68.4 cm³/mol. The summed E-state index contributed by atoms with van der Waals surface area (Å²) in [4.78, 5) is 15.3. The highest BCUT2D eigenvalue weighted by Gasteiger charge is 2.48. The number of Topliss-reactive ketones (excluding diaryl/α,β-unsaturated/α-hetero) is 1. The van der Waals surface area contributed by atoms with Crippen molar-refractivity contribution in [2.75, 3.05) is 7.05 Å². The maximum Gasteiger partial charge on any atom is 0.253 e. The number of allylic oxidation sites excluding steroid dienone is 2. The second-order valence-corrected chi connectivity index (χ2v) is 4.67. The molecule has 2 fully saturated rings. The van der Waals surface area contributed by atoms with Crippen molar-refractivity contribution >= 4 is 11.5 Å². The Kier molecular flexibility index (Phi) is 3.16. The molecule has 0 N–H and O–H groups in total. The van der Waals surface area contributed by atoms with E-state index in [1.165, 1.54) is 12.8 Å². The van der Waals surface area contributed by atoms with Gasteiger partial charge < -0.3 is 0 Å². The van der Waals surface area contributed by atoms with E-state index in [0.717, 1.165) is 23.8 Å². The summed E-state index contributed by atoms with van der Waals surface area (Å²) in [6.07, 6.45) is 16.1. The Morgan fingerprint density at radius 1 is 1.35 bits per heavy atom. The van der Waals surface area contributed by atoms with E-state index in [9.17, 15) is 4.79 Å². The van der Waals surface area contributed by atoms with Crippen LogP contribution in [0, 0.1) is 42.4 Å². The number of ketones is 1. The second-order valence-electron chi connectivity index (χ2n) is 4.67. The Morgan fingerprint density at radius 2 is 2.12 bits per heavy atom. The lowest BCUT2D eigenvalue weighted by Crippen LogP contribution is -2.45. The fourth-order valence-corrected chi connectivity index (χ4v) is 2.79. The van der Waals surface area contributed by atoms with Gasteiger partial charge in [0.2, 0.25) is 0 Å². The van der Waals surface area contributed by atoms with Crippen molar-refractivity contribution in [1.29, 1.82) is 0 Å². The van der Waals surface area contributed by atoms with Crippen molar-refractivity contribution in [3.8, 4) is 24.7 Å². The summed E-state index contributed by atoms with van der Waals surface area (Å²) in [7, 11) is 1.56. The Hall–Kier alpha value is -1.80. The number of hydrogen-bond acceptors (Lipinski definition) is 2. The highest BCUT2D eigenvalue weighted by Crippen LogP contribution is 2.56. The first-order valence-corrected chi connectivity index (χ1v) is 5.87. The van der Waals surface area contributed by atoms with Crippen LogP contribution in [-0.2, 0) is 4.79 Å². The first-order chi connectivity index (χ1) is 8.21. The topological polar surface area (TPSA) is 29.4 Å². The number of terminal acetylenes is 2. The monoisotopic (exact) mass is 225 g/mol. The van der Waals surface area contributed by atoms with Crippen LogP contribution in [0.5, 0.6) is 0 Å². The molecule has 2 saturated carbocycles. The van der Waals surface area contributed by atoms with Crippen molar-refractivity contribution in [3.63, 3.8) is 0 Å². The molecule has 0 aromatic rings. The van der Waals surface area contributed by atoms with E-state index in [1.54, 1.807) is 13.1 Å². The molecular weight excluding hydrogens is 210 g/mol. The highest BCUT2D eigenvalue weighted by molar-refractivity contribution is 6.50. The SMILES string of the molecule is C#CC(=O)C(/C=C(\C#C)[C@@H]1C[C@@H]2CC[C@@H]21)=NC. The average Bonchev–Trinajstić information content (AvgIpc) is 2.34. The van der Waals surface area contributed by atoms with Crippen LogP contribution < -0.4 is 0 Å². The van der Waals surface area contributed by atoms with E-state index in [0.29, 0.717) is 11.6 Å². The first kappa shape index (κ1) is 11.7. The zero-order valence-corrected chi connectivity index (χ0v) is 9.94. The number of aliphatic imine (C=N–C) groups is 1. The Bertz CT molecular complexity index is 484. The van der Waals surface area contributed by atoms with Crippen LogP contribution in [0.25, 0.3) is 0 Å². The van der Waals surface area contributed by atoms with Crippen molar-refractivity contribution in [2.24, 2.45) is 22.7 Å². The number of fused-ring (bicyclic) bond motifs is 1. The summed E-state index contributed by atoms with van der Waals surface area (Å²) in [6, 6.07) is 0. The summed E-state index contributed by atoms with van der Waals surface area (Å²) in [5.74, 6) is 6.41. The standard InChI is InChI=1S/C15H15NO/c1-4-10(9-14(16-3)15(17)5-2)13-8-11-6-7-12(11)13/h1-2,9,11-13H,6-8H2,3H3/b10-9+,16-14?/t11-,12-,13-/m0/s1. The Labute approximate surface area is 102 Å². The minimum absolute atomic E-state index is 0.295. The minimum Gasteiger partial charge on any atom is -0.284 e. The fraction of sp³-hybridized carbons (Fsp3) is 0.467. The number of carbonyl (C=O) groups is 1. The number of carbonyl (C=O) groups excluding carboxylic acids is 1. The molecule has 86 valence electrons. The molecule has 17 heavy (non-hydrogen) atoms. The maximum absolute atomic E-state index is 11.4. The van der Waals surface area contributed by atoms with Crippen LogP contribution >= 0.6 is 0 Å². The summed E-state index contributed by atoms with van der Waals surface area (Å²) in [6.45, 7) is 0. The van der Waals surface area contributed by atoms with E-state index < -0.39 is 5.78 Å². The summed E-state index contributed by atoms with van der Waals surface area (Å²) < 4.78 is 0. The molecule has 0 saturated heterocycles. The largest absolute Gasteiger partial charge is 0.284 e. The number of hydrogen-bond donors (Lipinski definition) is 0. The van der Waals surface area contributed by atoms with Gasteiger partial charge in [0.1, 0.15) is 5.71 Å². The smallest absolute Gasteiger partial charge is 0.253 e. The molecule has 0 aromatic carbocycles. The molecule has 0 radical (unpaired) electrons. The Morgan fingerprint density at radius 3 is 2.47 bits per heavy atom. The van der Waals surface area contributed by atoms with Crippen LogP contribution in [0.4, 0.5) is 0 Å². The fourth-order valence-electron chi connectivity index (χ4n) is 2.79. The summed E-state index contributed by atoms with van der Waals surface area (Å²) in [5, 5.41) is 0. The van der Waals surface area contributed by atoms with Gasteiger partial charge in [0.05, 0.1) is 0 Å². The van der Waals surface area contributed by atoms with Gasteiger partial charge in [-0.3, -0.25) is 9.79 Å². The molecule has 2 aliphatic rings. The molecule has 0 amide bonds. The molecule has 3 atom stereocenters. The minimum atomic E-state index is -0.398. The van der Waals surface area contributed by atoms with E-state index in [-0.39, 0.29) is 0 Å². The van der Waals surface area contributed by atoms with E-state index in [1.807, 2.05) is 0 Å². The van der Waals surface area contributed by atoms with Crippen molar-refractivity contribution in [1.82, 2.24) is 0 Å². The summed E-state index contributed by atoms with van der Waals surface area (Å²) >= 11 is 0. The third kappa shape index (κ3) is 1.92. The maximum atomic E-state index is 11.4. The molecule has 2 aliphatic carbocycles. The highest BCUT2D eigenvalue weighted by atomic mass is 16.1. The van der Waals surface area contributed by atoms with Crippen molar-refractivity contribution < 1.29 is 4.79 Å². The third-order valence-corrected chi connectivity index (χ3v) is 4.01. The van der Waals surface area contributed by atoms with Gasteiger partial charge in [-0.1, -0.05) is 5.92 Å². The van der Waals surface area contributed by atoms with Crippen LogP contribution in [0.1, 0.15) is 19.3 Å². The molecule has 0 aliphatic heterocycles. The molecule has 2 nitrogen and oxygen atoms in total. The van der Waals surface area contributed by atoms with Crippen LogP contribution in [0.3, 0.4) is 0 Å². The molecule has 2 rings (SSSR count). The van der Waals surface area contributed by atoms with Gasteiger partial charge in [0.15, 0.2) is 0 Å².